The van der Waals surface area contributed by atoms with E-state index in [0.29, 0.717) is 5.92 Å². The lowest BCUT2D eigenvalue weighted by molar-refractivity contribution is 0.367. The second kappa shape index (κ2) is 6.43. The van der Waals surface area contributed by atoms with Gasteiger partial charge in [0.2, 0.25) is 0 Å². The van der Waals surface area contributed by atoms with Crippen molar-refractivity contribution in [3.05, 3.63) is 18.1 Å². The summed E-state index contributed by atoms with van der Waals surface area (Å²) in [5, 5.41) is 3.31. The molecule has 16 heavy (non-hydrogen) atoms. The summed E-state index contributed by atoms with van der Waals surface area (Å²) in [4.78, 5) is 11.0. The van der Waals surface area contributed by atoms with Crippen molar-refractivity contribution in [2.24, 2.45) is 0 Å². The second-order valence-corrected chi connectivity index (χ2v) is 4.28. The fourth-order valence-electron chi connectivity index (χ4n) is 1.28. The van der Waals surface area contributed by atoms with Gasteiger partial charge in [0.25, 0.3) is 0 Å². The molecule has 0 saturated heterocycles. The Bertz CT molecular complexity index is 312. The highest BCUT2D eigenvalue weighted by Gasteiger charge is 2.03. The Kier molecular flexibility index (Phi) is 5.19. The van der Waals surface area contributed by atoms with Gasteiger partial charge in [-0.05, 0) is 19.7 Å². The fourth-order valence-corrected chi connectivity index (χ4v) is 1.28. The van der Waals surface area contributed by atoms with Gasteiger partial charge in [-0.3, -0.25) is 0 Å². The fraction of sp³-hybridized carbons (Fsp3) is 0.667. The van der Waals surface area contributed by atoms with Gasteiger partial charge in [-0.1, -0.05) is 20.8 Å². The van der Waals surface area contributed by atoms with Crippen LogP contribution in [0.2, 0.25) is 0 Å². The molecule has 0 aromatic carbocycles. The van der Waals surface area contributed by atoms with Crippen LogP contribution in [0.1, 0.15) is 32.5 Å². The molecule has 0 saturated carbocycles. The van der Waals surface area contributed by atoms with E-state index in [0.717, 1.165) is 31.3 Å². The molecule has 4 heteroatoms. The van der Waals surface area contributed by atoms with Crippen LogP contribution in [0.15, 0.2) is 12.3 Å². The number of aromatic nitrogens is 2. The third-order valence-corrected chi connectivity index (χ3v) is 2.53. The van der Waals surface area contributed by atoms with Crippen LogP contribution in [0, 0.1) is 0 Å². The predicted octanol–water partition coefficient (Wildman–Crippen LogP) is 1.96. The first-order valence-corrected chi connectivity index (χ1v) is 5.88. The Hall–Kier alpha value is -1.16. The van der Waals surface area contributed by atoms with Gasteiger partial charge < -0.3 is 10.2 Å². The molecule has 1 N–H and O–H groups in total. The SMILES string of the molecule is CCN(C)CCNc1ccnc(C(C)C)n1. The molecule has 1 aromatic rings. The van der Waals surface area contributed by atoms with Crippen molar-refractivity contribution >= 4 is 5.82 Å². The number of rotatable bonds is 6. The third-order valence-electron chi connectivity index (χ3n) is 2.53. The molecular formula is C12H22N4. The van der Waals surface area contributed by atoms with E-state index in [9.17, 15) is 0 Å². The molecule has 0 fully saturated rings. The number of anilines is 1. The lowest BCUT2D eigenvalue weighted by Gasteiger charge is -2.14. The first kappa shape index (κ1) is 12.9. The number of nitrogens with zero attached hydrogens (tertiary/aromatic N) is 3. The first-order chi connectivity index (χ1) is 7.63. The Balaban J connectivity index is 2.45. The first-order valence-electron chi connectivity index (χ1n) is 5.88. The van der Waals surface area contributed by atoms with Crippen molar-refractivity contribution in [1.29, 1.82) is 0 Å². The van der Waals surface area contributed by atoms with Crippen LogP contribution in [-0.4, -0.2) is 41.5 Å². The van der Waals surface area contributed by atoms with Crippen molar-refractivity contribution in [2.75, 3.05) is 32.0 Å². The van der Waals surface area contributed by atoms with Gasteiger partial charge in [0.15, 0.2) is 0 Å². The van der Waals surface area contributed by atoms with Crippen molar-refractivity contribution < 1.29 is 0 Å². The monoisotopic (exact) mass is 222 g/mol. The molecular weight excluding hydrogens is 200 g/mol. The van der Waals surface area contributed by atoms with Crippen LogP contribution in [0.3, 0.4) is 0 Å². The Morgan fingerprint density at radius 3 is 2.81 bits per heavy atom. The minimum Gasteiger partial charge on any atom is -0.369 e. The highest BCUT2D eigenvalue weighted by atomic mass is 15.1. The van der Waals surface area contributed by atoms with Crippen LogP contribution in [-0.2, 0) is 0 Å². The smallest absolute Gasteiger partial charge is 0.133 e. The van der Waals surface area contributed by atoms with Gasteiger partial charge in [-0.2, -0.15) is 0 Å². The van der Waals surface area contributed by atoms with Crippen LogP contribution < -0.4 is 5.32 Å². The summed E-state index contributed by atoms with van der Waals surface area (Å²) in [5.74, 6) is 2.19. The molecule has 0 aliphatic heterocycles. The third kappa shape index (κ3) is 4.14. The number of nitrogens with one attached hydrogen (secondary N) is 1. The average Bonchev–Trinajstić information content (AvgIpc) is 2.29. The zero-order chi connectivity index (χ0) is 12.0. The molecule has 90 valence electrons. The summed E-state index contributed by atoms with van der Waals surface area (Å²) in [6.45, 7) is 9.37. The molecule has 0 unspecified atom stereocenters. The molecule has 0 bridgehead atoms. The van der Waals surface area contributed by atoms with Gasteiger partial charge in [0.1, 0.15) is 11.6 Å². The normalized spacial score (nSPS) is 11.1. The maximum Gasteiger partial charge on any atom is 0.133 e. The standard InChI is InChI=1S/C12H22N4/c1-5-16(4)9-8-13-11-6-7-14-12(15-11)10(2)3/h6-7,10H,5,8-9H2,1-4H3,(H,13,14,15). The van der Waals surface area contributed by atoms with Crippen LogP contribution in [0.25, 0.3) is 0 Å². The van der Waals surface area contributed by atoms with Crippen molar-refractivity contribution in [3.63, 3.8) is 0 Å². The van der Waals surface area contributed by atoms with Crippen LogP contribution in [0.5, 0.6) is 0 Å². The molecule has 1 heterocycles. The summed E-state index contributed by atoms with van der Waals surface area (Å²) in [5.41, 5.74) is 0. The van der Waals surface area contributed by atoms with Gasteiger partial charge >= 0.3 is 0 Å². The number of hydrogen-bond acceptors (Lipinski definition) is 4. The quantitative estimate of drug-likeness (QED) is 0.799. The molecule has 0 amide bonds. The Morgan fingerprint density at radius 2 is 2.19 bits per heavy atom. The van der Waals surface area contributed by atoms with Gasteiger partial charge in [-0.15, -0.1) is 0 Å². The van der Waals surface area contributed by atoms with E-state index in [1.807, 2.05) is 12.3 Å². The number of likely N-dealkylation sites (N-methyl/N-ethyl adjacent to an activating group) is 1. The molecule has 0 radical (unpaired) electrons. The summed E-state index contributed by atoms with van der Waals surface area (Å²) >= 11 is 0. The Morgan fingerprint density at radius 1 is 1.44 bits per heavy atom. The summed E-state index contributed by atoms with van der Waals surface area (Å²) in [6, 6.07) is 1.91. The lowest BCUT2D eigenvalue weighted by Crippen LogP contribution is -2.25. The maximum atomic E-state index is 4.45. The van der Waals surface area contributed by atoms with Crippen LogP contribution >= 0.6 is 0 Å². The highest BCUT2D eigenvalue weighted by molar-refractivity contribution is 5.33. The maximum absolute atomic E-state index is 4.45. The zero-order valence-electron chi connectivity index (χ0n) is 10.7. The molecule has 1 rings (SSSR count). The Labute approximate surface area is 98.1 Å². The van der Waals surface area contributed by atoms with Gasteiger partial charge in [0, 0.05) is 25.2 Å². The van der Waals surface area contributed by atoms with Gasteiger partial charge in [0.05, 0.1) is 0 Å². The van der Waals surface area contributed by atoms with Crippen LogP contribution in [0.4, 0.5) is 5.82 Å². The minimum absolute atomic E-state index is 0.375. The molecule has 1 aromatic heterocycles. The minimum atomic E-state index is 0.375. The highest BCUT2D eigenvalue weighted by Crippen LogP contribution is 2.10. The topological polar surface area (TPSA) is 41.0 Å². The van der Waals surface area contributed by atoms with E-state index < -0.39 is 0 Å². The van der Waals surface area contributed by atoms with Crippen molar-refractivity contribution in [2.45, 2.75) is 26.7 Å². The predicted molar refractivity (Wildman–Crippen MR) is 67.8 cm³/mol. The molecule has 0 spiro atoms. The lowest BCUT2D eigenvalue weighted by atomic mass is 10.2. The zero-order valence-corrected chi connectivity index (χ0v) is 10.7. The van der Waals surface area contributed by atoms with Crippen molar-refractivity contribution in [1.82, 2.24) is 14.9 Å². The van der Waals surface area contributed by atoms with E-state index in [1.54, 1.807) is 0 Å². The average molecular weight is 222 g/mol. The number of hydrogen-bond donors (Lipinski definition) is 1. The molecule has 0 aliphatic carbocycles. The van der Waals surface area contributed by atoms with E-state index in [1.165, 1.54) is 0 Å². The van der Waals surface area contributed by atoms with E-state index >= 15 is 0 Å². The van der Waals surface area contributed by atoms with Gasteiger partial charge in [-0.25, -0.2) is 9.97 Å². The van der Waals surface area contributed by atoms with E-state index in [4.69, 9.17) is 0 Å². The summed E-state index contributed by atoms with van der Waals surface area (Å²) in [6.07, 6.45) is 1.81. The second-order valence-electron chi connectivity index (χ2n) is 4.28. The molecule has 0 aliphatic rings. The van der Waals surface area contributed by atoms with Crippen molar-refractivity contribution in [3.8, 4) is 0 Å². The largest absolute Gasteiger partial charge is 0.369 e. The molecule has 4 nitrogen and oxygen atoms in total. The van der Waals surface area contributed by atoms with E-state index in [2.05, 4.69) is 48.0 Å². The van der Waals surface area contributed by atoms with E-state index in [-0.39, 0.29) is 0 Å². The molecule has 0 atom stereocenters. The summed E-state index contributed by atoms with van der Waals surface area (Å²) in [7, 11) is 2.11. The summed E-state index contributed by atoms with van der Waals surface area (Å²) < 4.78 is 0.